The fourth-order valence-corrected chi connectivity index (χ4v) is 3.49. The van der Waals surface area contributed by atoms with Crippen LogP contribution >= 0.6 is 11.6 Å². The van der Waals surface area contributed by atoms with Crippen LogP contribution in [0.5, 0.6) is 0 Å². The van der Waals surface area contributed by atoms with Gasteiger partial charge in [-0.15, -0.1) is 0 Å². The maximum Gasteiger partial charge on any atom is 0.329 e. The normalized spacial score (nSPS) is 11.0. The molecule has 154 valence electrons. The quantitative estimate of drug-likeness (QED) is 0.370. The first kappa shape index (κ1) is 21.3. The number of para-hydroxylation sites is 1. The van der Waals surface area contributed by atoms with E-state index in [1.165, 1.54) is 6.21 Å². The van der Waals surface area contributed by atoms with E-state index in [2.05, 4.69) is 39.5 Å². The maximum absolute atomic E-state index is 12.1. The van der Waals surface area contributed by atoms with Crippen molar-refractivity contribution in [3.8, 4) is 5.69 Å². The van der Waals surface area contributed by atoms with Crippen molar-refractivity contribution in [1.82, 2.24) is 9.99 Å². The van der Waals surface area contributed by atoms with Gasteiger partial charge >= 0.3 is 11.8 Å². The molecule has 0 radical (unpaired) electrons. The van der Waals surface area contributed by atoms with Gasteiger partial charge in [-0.05, 0) is 69.2 Å². The first-order valence-corrected chi connectivity index (χ1v) is 9.81. The average Bonchev–Trinajstić information content (AvgIpc) is 2.97. The molecule has 2 aromatic carbocycles. The number of nitrogens with one attached hydrogen (secondary N) is 2. The van der Waals surface area contributed by atoms with E-state index in [4.69, 9.17) is 11.6 Å². The average molecular weight is 423 g/mol. The number of carbonyl (C=O) groups excluding carboxylic acids is 2. The lowest BCUT2D eigenvalue weighted by Crippen LogP contribution is -2.32. The van der Waals surface area contributed by atoms with Gasteiger partial charge in [0.25, 0.3) is 0 Å². The molecule has 2 N–H and O–H groups in total. The van der Waals surface area contributed by atoms with Crippen molar-refractivity contribution < 1.29 is 9.59 Å². The third-order valence-electron chi connectivity index (χ3n) is 4.84. The van der Waals surface area contributed by atoms with Crippen molar-refractivity contribution in [3.05, 3.63) is 81.6 Å². The van der Waals surface area contributed by atoms with Crippen LogP contribution in [0.1, 0.15) is 28.1 Å². The molecule has 3 rings (SSSR count). The molecule has 0 saturated carbocycles. The highest BCUT2D eigenvalue weighted by Crippen LogP contribution is 2.22. The minimum absolute atomic E-state index is 0.519. The second-order valence-corrected chi connectivity index (χ2v) is 7.50. The molecule has 0 aliphatic heterocycles. The fraction of sp³-hybridized carbons (Fsp3) is 0.174. The zero-order chi connectivity index (χ0) is 21.8. The van der Waals surface area contributed by atoms with Crippen LogP contribution in [-0.4, -0.2) is 22.6 Å². The summed E-state index contributed by atoms with van der Waals surface area (Å²) in [5.74, 6) is -1.66. The zero-order valence-corrected chi connectivity index (χ0v) is 18.0. The number of nitrogens with zero attached hydrogens (tertiary/aromatic N) is 2. The number of hydrazone groups is 1. The van der Waals surface area contributed by atoms with E-state index in [0.29, 0.717) is 10.7 Å². The van der Waals surface area contributed by atoms with Crippen molar-refractivity contribution in [2.24, 2.45) is 5.10 Å². The molecule has 0 unspecified atom stereocenters. The molecular weight excluding hydrogens is 400 g/mol. The van der Waals surface area contributed by atoms with Gasteiger partial charge in [-0.2, -0.15) is 5.10 Å². The number of carbonyl (C=O) groups is 2. The summed E-state index contributed by atoms with van der Waals surface area (Å²) in [5, 5.41) is 7.06. The highest BCUT2D eigenvalue weighted by atomic mass is 35.5. The summed E-state index contributed by atoms with van der Waals surface area (Å²) in [4.78, 5) is 24.2. The van der Waals surface area contributed by atoms with Gasteiger partial charge in [0.15, 0.2) is 0 Å². The van der Waals surface area contributed by atoms with Crippen LogP contribution in [-0.2, 0) is 9.59 Å². The standard InChI is InChI=1S/C23H23ClN4O2/c1-14-7-5-6-8-21(14)28-16(3)12-18(17(28)4)13-25-27-23(30)22(29)26-20-10-9-19(24)11-15(20)2/h5-13H,1-4H3,(H,26,29)(H,27,30)/b25-13-. The number of amides is 2. The Bertz CT molecular complexity index is 1150. The van der Waals surface area contributed by atoms with Crippen molar-refractivity contribution in [2.75, 3.05) is 5.32 Å². The van der Waals surface area contributed by atoms with E-state index in [0.717, 1.165) is 33.8 Å². The van der Waals surface area contributed by atoms with E-state index in [1.807, 2.05) is 32.0 Å². The summed E-state index contributed by atoms with van der Waals surface area (Å²) in [6.45, 7) is 7.85. The number of rotatable bonds is 4. The van der Waals surface area contributed by atoms with Gasteiger partial charge in [0, 0.05) is 33.3 Å². The summed E-state index contributed by atoms with van der Waals surface area (Å²) in [6.07, 6.45) is 1.54. The first-order chi connectivity index (χ1) is 14.3. The molecule has 0 fully saturated rings. The van der Waals surface area contributed by atoms with E-state index >= 15 is 0 Å². The summed E-state index contributed by atoms with van der Waals surface area (Å²) in [5.41, 5.74) is 8.69. The Morgan fingerprint density at radius 3 is 2.40 bits per heavy atom. The van der Waals surface area contributed by atoms with Gasteiger partial charge in [-0.1, -0.05) is 29.8 Å². The summed E-state index contributed by atoms with van der Waals surface area (Å²) in [7, 11) is 0. The van der Waals surface area contributed by atoms with Crippen molar-refractivity contribution in [3.63, 3.8) is 0 Å². The van der Waals surface area contributed by atoms with E-state index in [1.54, 1.807) is 25.1 Å². The minimum Gasteiger partial charge on any atom is -0.318 e. The predicted octanol–water partition coefficient (Wildman–Crippen LogP) is 4.45. The summed E-state index contributed by atoms with van der Waals surface area (Å²) in [6, 6.07) is 15.1. The van der Waals surface area contributed by atoms with E-state index in [9.17, 15) is 9.59 Å². The van der Waals surface area contributed by atoms with Crippen LogP contribution in [0.15, 0.2) is 53.6 Å². The Labute approximate surface area is 180 Å². The summed E-state index contributed by atoms with van der Waals surface area (Å²) < 4.78 is 2.13. The monoisotopic (exact) mass is 422 g/mol. The molecule has 1 heterocycles. The van der Waals surface area contributed by atoms with Gasteiger partial charge in [0.1, 0.15) is 0 Å². The van der Waals surface area contributed by atoms with Crippen LogP contribution in [0, 0.1) is 27.7 Å². The van der Waals surface area contributed by atoms with Gasteiger partial charge < -0.3 is 9.88 Å². The molecule has 0 saturated heterocycles. The molecule has 7 heteroatoms. The lowest BCUT2D eigenvalue weighted by atomic mass is 10.2. The predicted molar refractivity (Wildman–Crippen MR) is 121 cm³/mol. The zero-order valence-electron chi connectivity index (χ0n) is 17.3. The smallest absolute Gasteiger partial charge is 0.318 e. The molecule has 2 amide bonds. The highest BCUT2D eigenvalue weighted by molar-refractivity contribution is 6.39. The second kappa shape index (κ2) is 8.97. The van der Waals surface area contributed by atoms with Crippen molar-refractivity contribution >= 4 is 35.3 Å². The molecule has 0 bridgehead atoms. The van der Waals surface area contributed by atoms with Gasteiger partial charge in [0.05, 0.1) is 6.21 Å². The molecule has 0 atom stereocenters. The Balaban J connectivity index is 1.69. The molecule has 6 nitrogen and oxygen atoms in total. The van der Waals surface area contributed by atoms with Gasteiger partial charge in [0.2, 0.25) is 0 Å². The lowest BCUT2D eigenvalue weighted by molar-refractivity contribution is -0.136. The van der Waals surface area contributed by atoms with Crippen molar-refractivity contribution in [2.45, 2.75) is 27.7 Å². The van der Waals surface area contributed by atoms with Crippen LogP contribution < -0.4 is 10.7 Å². The van der Waals surface area contributed by atoms with Crippen LogP contribution in [0.2, 0.25) is 5.02 Å². The van der Waals surface area contributed by atoms with Crippen LogP contribution in [0.3, 0.4) is 0 Å². The van der Waals surface area contributed by atoms with Crippen LogP contribution in [0.25, 0.3) is 5.69 Å². The van der Waals surface area contributed by atoms with E-state index in [-0.39, 0.29) is 0 Å². The fourth-order valence-electron chi connectivity index (χ4n) is 3.26. The lowest BCUT2D eigenvalue weighted by Gasteiger charge is -2.12. The molecule has 0 aliphatic rings. The van der Waals surface area contributed by atoms with Crippen molar-refractivity contribution in [1.29, 1.82) is 0 Å². The summed E-state index contributed by atoms with van der Waals surface area (Å²) >= 11 is 5.90. The Morgan fingerprint density at radius 2 is 1.70 bits per heavy atom. The topological polar surface area (TPSA) is 75.5 Å². The molecule has 3 aromatic rings. The Kier molecular flexibility index (Phi) is 6.37. The molecule has 0 aliphatic carbocycles. The second-order valence-electron chi connectivity index (χ2n) is 7.06. The highest BCUT2D eigenvalue weighted by Gasteiger charge is 2.15. The number of hydrogen-bond donors (Lipinski definition) is 2. The third kappa shape index (κ3) is 4.60. The third-order valence-corrected chi connectivity index (χ3v) is 5.07. The number of benzene rings is 2. The first-order valence-electron chi connectivity index (χ1n) is 9.43. The Morgan fingerprint density at radius 1 is 0.967 bits per heavy atom. The molecule has 1 aromatic heterocycles. The van der Waals surface area contributed by atoms with E-state index < -0.39 is 11.8 Å². The maximum atomic E-state index is 12.1. The number of aryl methyl sites for hydroxylation is 3. The molecular formula is C23H23ClN4O2. The van der Waals surface area contributed by atoms with Crippen LogP contribution in [0.4, 0.5) is 5.69 Å². The Hall–Kier alpha value is -3.38. The number of aromatic nitrogens is 1. The minimum atomic E-state index is -0.853. The molecule has 0 spiro atoms. The molecule has 30 heavy (non-hydrogen) atoms. The van der Waals surface area contributed by atoms with Gasteiger partial charge in [-0.25, -0.2) is 5.43 Å². The number of halogens is 1. The SMILES string of the molecule is Cc1cc(Cl)ccc1NC(=O)C(=O)N/N=C\c1cc(C)n(-c2ccccc2C)c1C. The van der Waals surface area contributed by atoms with Gasteiger partial charge in [-0.3, -0.25) is 9.59 Å². The largest absolute Gasteiger partial charge is 0.329 e. The number of anilines is 1. The number of hydrogen-bond acceptors (Lipinski definition) is 3.